The molecule has 21 heavy (non-hydrogen) atoms. The van der Waals surface area contributed by atoms with Crippen molar-refractivity contribution in [2.24, 2.45) is 0 Å². The van der Waals surface area contributed by atoms with E-state index in [1.165, 1.54) is 18.2 Å². The van der Waals surface area contributed by atoms with Gasteiger partial charge in [-0.2, -0.15) is 5.10 Å². The van der Waals surface area contributed by atoms with Crippen molar-refractivity contribution in [1.82, 2.24) is 10.2 Å². The molecule has 0 aliphatic carbocycles. The Morgan fingerprint density at radius 3 is 2.71 bits per heavy atom. The topological polar surface area (TPSA) is 74.8 Å². The van der Waals surface area contributed by atoms with Gasteiger partial charge in [-0.15, -0.1) is 0 Å². The summed E-state index contributed by atoms with van der Waals surface area (Å²) in [5.41, 5.74) is 0.757. The van der Waals surface area contributed by atoms with Crippen LogP contribution in [-0.2, 0) is 10.0 Å². The molecule has 108 valence electrons. The number of anilines is 1. The number of para-hydroxylation sites is 1. The van der Waals surface area contributed by atoms with Gasteiger partial charge in [0.05, 0.1) is 15.4 Å². The van der Waals surface area contributed by atoms with Crippen LogP contribution in [0.2, 0.25) is 5.02 Å². The van der Waals surface area contributed by atoms with Gasteiger partial charge in [0.2, 0.25) is 0 Å². The van der Waals surface area contributed by atoms with Crippen molar-refractivity contribution < 1.29 is 8.42 Å². The Bertz CT molecular complexity index is 924. The Balaban J connectivity index is 2.01. The Morgan fingerprint density at radius 2 is 1.95 bits per heavy atom. The van der Waals surface area contributed by atoms with Crippen LogP contribution in [0.4, 0.5) is 5.82 Å². The summed E-state index contributed by atoms with van der Waals surface area (Å²) < 4.78 is 27.7. The quantitative estimate of drug-likeness (QED) is 0.719. The van der Waals surface area contributed by atoms with Gasteiger partial charge in [-0.25, -0.2) is 8.42 Å². The highest BCUT2D eigenvalue weighted by Crippen LogP contribution is 2.27. The fraction of sp³-hybridized carbons (Fsp3) is 0. The van der Waals surface area contributed by atoms with Crippen molar-refractivity contribution in [3.8, 4) is 0 Å². The van der Waals surface area contributed by atoms with Gasteiger partial charge in [-0.05, 0) is 46.3 Å². The molecule has 0 amide bonds. The number of fused-ring (bicyclic) bond motifs is 1. The van der Waals surface area contributed by atoms with Crippen molar-refractivity contribution >= 4 is 54.3 Å². The number of hydrogen-bond donors (Lipinski definition) is 2. The third kappa shape index (κ3) is 2.76. The minimum atomic E-state index is -3.74. The van der Waals surface area contributed by atoms with E-state index in [0.717, 1.165) is 5.52 Å². The third-order valence-corrected chi connectivity index (χ3v) is 5.45. The lowest BCUT2D eigenvalue weighted by atomic mass is 10.2. The first kappa shape index (κ1) is 14.4. The van der Waals surface area contributed by atoms with E-state index in [1.54, 1.807) is 6.07 Å². The van der Waals surface area contributed by atoms with Gasteiger partial charge in [0.25, 0.3) is 10.0 Å². The predicted molar refractivity (Wildman–Crippen MR) is 86.1 cm³/mol. The lowest BCUT2D eigenvalue weighted by molar-refractivity contribution is 0.601. The van der Waals surface area contributed by atoms with Crippen molar-refractivity contribution in [2.45, 2.75) is 4.90 Å². The number of benzene rings is 2. The molecule has 0 fully saturated rings. The number of rotatable bonds is 3. The number of hydrogen-bond acceptors (Lipinski definition) is 3. The van der Waals surface area contributed by atoms with Gasteiger partial charge in [-0.3, -0.25) is 9.82 Å². The Morgan fingerprint density at radius 1 is 1.19 bits per heavy atom. The van der Waals surface area contributed by atoms with E-state index in [2.05, 4.69) is 30.8 Å². The summed E-state index contributed by atoms with van der Waals surface area (Å²) in [6.07, 6.45) is 0. The number of sulfonamides is 1. The molecule has 2 aromatic carbocycles. The van der Waals surface area contributed by atoms with Gasteiger partial charge < -0.3 is 0 Å². The number of halogens is 2. The highest BCUT2D eigenvalue weighted by atomic mass is 79.9. The third-order valence-electron chi connectivity index (χ3n) is 2.90. The van der Waals surface area contributed by atoms with E-state index in [9.17, 15) is 8.42 Å². The molecule has 0 saturated carbocycles. The lowest BCUT2D eigenvalue weighted by Crippen LogP contribution is -2.13. The van der Waals surface area contributed by atoms with Crippen LogP contribution in [0.5, 0.6) is 0 Å². The van der Waals surface area contributed by atoms with Gasteiger partial charge in [0.15, 0.2) is 5.82 Å². The van der Waals surface area contributed by atoms with Gasteiger partial charge in [0, 0.05) is 9.86 Å². The fourth-order valence-corrected chi connectivity index (χ4v) is 3.57. The Kier molecular flexibility index (Phi) is 3.64. The summed E-state index contributed by atoms with van der Waals surface area (Å²) in [5, 5.41) is 7.91. The van der Waals surface area contributed by atoms with Crippen molar-refractivity contribution in [2.75, 3.05) is 4.72 Å². The van der Waals surface area contributed by atoms with Crippen LogP contribution < -0.4 is 4.72 Å². The highest BCUT2D eigenvalue weighted by molar-refractivity contribution is 9.10. The molecule has 0 aliphatic heterocycles. The maximum atomic E-state index is 12.4. The van der Waals surface area contributed by atoms with Crippen LogP contribution in [0.25, 0.3) is 10.9 Å². The first-order chi connectivity index (χ1) is 9.97. The molecule has 1 heterocycles. The first-order valence-corrected chi connectivity index (χ1v) is 8.54. The SMILES string of the molecule is O=S(=O)(Nc1n[nH]c2ccccc12)c1ccc(Cl)c(Br)c1. The molecule has 0 atom stereocenters. The van der Waals surface area contributed by atoms with Crippen LogP contribution in [0.1, 0.15) is 0 Å². The second kappa shape index (κ2) is 5.32. The number of nitrogens with one attached hydrogen (secondary N) is 2. The maximum Gasteiger partial charge on any atom is 0.263 e. The summed E-state index contributed by atoms with van der Waals surface area (Å²) in [4.78, 5) is 0.103. The molecule has 3 aromatic rings. The van der Waals surface area contributed by atoms with E-state index < -0.39 is 10.0 Å². The second-order valence-electron chi connectivity index (χ2n) is 4.30. The first-order valence-electron chi connectivity index (χ1n) is 5.88. The number of aromatic nitrogens is 2. The van der Waals surface area contributed by atoms with Crippen LogP contribution in [-0.4, -0.2) is 18.6 Å². The predicted octanol–water partition coefficient (Wildman–Crippen LogP) is 3.78. The molecular weight excluding hydrogens is 378 g/mol. The zero-order valence-corrected chi connectivity index (χ0v) is 13.6. The van der Waals surface area contributed by atoms with E-state index in [1.807, 2.05) is 18.2 Å². The molecule has 5 nitrogen and oxygen atoms in total. The largest absolute Gasteiger partial charge is 0.276 e. The Labute approximate surface area is 134 Å². The van der Waals surface area contributed by atoms with Crippen LogP contribution in [0.3, 0.4) is 0 Å². The minimum absolute atomic E-state index is 0.103. The van der Waals surface area contributed by atoms with E-state index in [4.69, 9.17) is 11.6 Å². The second-order valence-corrected chi connectivity index (χ2v) is 7.24. The number of nitrogens with zero attached hydrogens (tertiary/aromatic N) is 1. The summed E-state index contributed by atoms with van der Waals surface area (Å²) in [6, 6.07) is 11.7. The molecule has 0 unspecified atom stereocenters. The minimum Gasteiger partial charge on any atom is -0.276 e. The average molecular weight is 387 g/mol. The smallest absolute Gasteiger partial charge is 0.263 e. The number of H-pyrrole nitrogens is 1. The van der Waals surface area contributed by atoms with Gasteiger partial charge in [0.1, 0.15) is 0 Å². The molecule has 0 radical (unpaired) electrons. The molecule has 0 aliphatic rings. The zero-order chi connectivity index (χ0) is 15.0. The van der Waals surface area contributed by atoms with Crippen LogP contribution >= 0.6 is 27.5 Å². The summed E-state index contributed by atoms with van der Waals surface area (Å²) >= 11 is 9.08. The molecule has 1 aromatic heterocycles. The van der Waals surface area contributed by atoms with Gasteiger partial charge >= 0.3 is 0 Å². The van der Waals surface area contributed by atoms with Crippen molar-refractivity contribution in [3.63, 3.8) is 0 Å². The van der Waals surface area contributed by atoms with E-state index in [-0.39, 0.29) is 10.7 Å². The standard InChI is InChI=1S/C13H9BrClN3O2S/c14-10-7-8(5-6-11(10)15)21(19,20)18-13-9-3-1-2-4-12(9)16-17-13/h1-7H,(H2,16,17,18). The highest BCUT2D eigenvalue weighted by Gasteiger charge is 2.18. The summed E-state index contributed by atoms with van der Waals surface area (Å²) in [5.74, 6) is 0.261. The molecule has 2 N–H and O–H groups in total. The maximum absolute atomic E-state index is 12.4. The van der Waals surface area contributed by atoms with E-state index >= 15 is 0 Å². The molecule has 8 heteroatoms. The van der Waals surface area contributed by atoms with Crippen molar-refractivity contribution in [3.05, 3.63) is 52.0 Å². The lowest BCUT2D eigenvalue weighted by Gasteiger charge is -2.07. The molecular formula is C13H9BrClN3O2S. The van der Waals surface area contributed by atoms with Crippen LogP contribution in [0.15, 0.2) is 51.8 Å². The zero-order valence-electron chi connectivity index (χ0n) is 10.5. The average Bonchev–Trinajstić information content (AvgIpc) is 2.85. The fourth-order valence-electron chi connectivity index (χ4n) is 1.87. The van der Waals surface area contributed by atoms with Crippen molar-refractivity contribution in [1.29, 1.82) is 0 Å². The normalized spacial score (nSPS) is 11.7. The molecule has 0 spiro atoms. The van der Waals surface area contributed by atoms with Gasteiger partial charge in [-0.1, -0.05) is 23.7 Å². The molecule has 0 bridgehead atoms. The monoisotopic (exact) mass is 385 g/mol. The summed E-state index contributed by atoms with van der Waals surface area (Å²) in [7, 11) is -3.74. The molecule has 0 saturated heterocycles. The summed E-state index contributed by atoms with van der Waals surface area (Å²) in [6.45, 7) is 0. The van der Waals surface area contributed by atoms with E-state index in [0.29, 0.717) is 14.9 Å². The Hall–Kier alpha value is -1.57. The number of aromatic amines is 1. The van der Waals surface area contributed by atoms with Crippen LogP contribution in [0, 0.1) is 0 Å². The molecule has 3 rings (SSSR count).